The van der Waals surface area contributed by atoms with Crippen molar-refractivity contribution in [3.8, 4) is 6.07 Å². The number of benzene rings is 1. The van der Waals surface area contributed by atoms with Gasteiger partial charge < -0.3 is 10.6 Å². The highest BCUT2D eigenvalue weighted by atomic mass is 15.2. The fourth-order valence-electron chi connectivity index (χ4n) is 2.32. The first-order valence-corrected chi connectivity index (χ1v) is 6.06. The number of piperidine rings is 1. The van der Waals surface area contributed by atoms with Crippen LogP contribution in [-0.2, 0) is 0 Å². The average molecular weight is 229 g/mol. The van der Waals surface area contributed by atoms with E-state index in [2.05, 4.69) is 43.0 Å². The number of aryl methyl sites for hydroxylation is 2. The molecule has 0 radical (unpaired) electrons. The lowest BCUT2D eigenvalue weighted by molar-refractivity contribution is 0.424. The molecule has 2 rings (SSSR count). The molecule has 3 heteroatoms. The number of nitrogens with zero attached hydrogens (tertiary/aromatic N) is 2. The van der Waals surface area contributed by atoms with Gasteiger partial charge in [0.05, 0.1) is 6.07 Å². The van der Waals surface area contributed by atoms with E-state index in [9.17, 15) is 0 Å². The van der Waals surface area contributed by atoms with Gasteiger partial charge in [0.1, 0.15) is 5.54 Å². The first-order valence-electron chi connectivity index (χ1n) is 6.06. The van der Waals surface area contributed by atoms with Gasteiger partial charge in [0.2, 0.25) is 0 Å². The fourth-order valence-corrected chi connectivity index (χ4v) is 2.32. The Kier molecular flexibility index (Phi) is 3.08. The van der Waals surface area contributed by atoms with Gasteiger partial charge in [0.25, 0.3) is 0 Å². The van der Waals surface area contributed by atoms with Gasteiger partial charge in [-0.3, -0.25) is 0 Å². The van der Waals surface area contributed by atoms with Crippen LogP contribution in [-0.4, -0.2) is 18.6 Å². The van der Waals surface area contributed by atoms with Gasteiger partial charge in [0.15, 0.2) is 0 Å². The standard InChI is InChI=1S/C14H19N3/c1-11-4-5-13(8-12(11)2)17-7-3-6-14(16,9-15)10-17/h4-5,8H,3,6-7,10,16H2,1-2H3. The maximum Gasteiger partial charge on any atom is 0.121 e. The molecule has 1 aliphatic rings. The minimum Gasteiger partial charge on any atom is -0.369 e. The predicted octanol–water partition coefficient (Wildman–Crippen LogP) is 2.12. The van der Waals surface area contributed by atoms with E-state index >= 15 is 0 Å². The summed E-state index contributed by atoms with van der Waals surface area (Å²) in [7, 11) is 0. The molecule has 1 aromatic rings. The van der Waals surface area contributed by atoms with Gasteiger partial charge in [-0.25, -0.2) is 0 Å². The summed E-state index contributed by atoms with van der Waals surface area (Å²) in [4.78, 5) is 2.22. The van der Waals surface area contributed by atoms with E-state index in [-0.39, 0.29) is 0 Å². The Labute approximate surface area is 103 Å². The van der Waals surface area contributed by atoms with Crippen molar-refractivity contribution in [2.45, 2.75) is 32.2 Å². The summed E-state index contributed by atoms with van der Waals surface area (Å²) < 4.78 is 0. The van der Waals surface area contributed by atoms with E-state index in [1.54, 1.807) is 0 Å². The largest absolute Gasteiger partial charge is 0.369 e. The van der Waals surface area contributed by atoms with Crippen molar-refractivity contribution in [1.29, 1.82) is 5.26 Å². The van der Waals surface area contributed by atoms with Crippen molar-refractivity contribution < 1.29 is 0 Å². The number of rotatable bonds is 1. The molecule has 0 saturated carbocycles. The summed E-state index contributed by atoms with van der Waals surface area (Å²) in [6, 6.07) is 8.67. The molecule has 3 nitrogen and oxygen atoms in total. The van der Waals surface area contributed by atoms with Crippen molar-refractivity contribution in [3.05, 3.63) is 29.3 Å². The molecule has 1 atom stereocenters. The Morgan fingerprint density at radius 2 is 2.12 bits per heavy atom. The molecule has 0 spiro atoms. The smallest absolute Gasteiger partial charge is 0.121 e. The fraction of sp³-hybridized carbons (Fsp3) is 0.500. The monoisotopic (exact) mass is 229 g/mol. The third kappa shape index (κ3) is 2.42. The number of anilines is 1. The third-order valence-corrected chi connectivity index (χ3v) is 3.60. The highest BCUT2D eigenvalue weighted by Gasteiger charge is 2.31. The van der Waals surface area contributed by atoms with E-state index in [1.807, 2.05) is 0 Å². The molecule has 0 aliphatic carbocycles. The third-order valence-electron chi connectivity index (χ3n) is 3.60. The van der Waals surface area contributed by atoms with Crippen molar-refractivity contribution in [2.75, 3.05) is 18.0 Å². The molecule has 1 aliphatic heterocycles. The Bertz CT molecular complexity index is 461. The van der Waals surface area contributed by atoms with E-state index < -0.39 is 5.54 Å². The predicted molar refractivity (Wildman–Crippen MR) is 69.9 cm³/mol. The Morgan fingerprint density at radius 1 is 1.35 bits per heavy atom. The van der Waals surface area contributed by atoms with Gasteiger partial charge in [-0.1, -0.05) is 6.07 Å². The minimum absolute atomic E-state index is 0.631. The van der Waals surface area contributed by atoms with Crippen LogP contribution >= 0.6 is 0 Å². The normalized spacial score (nSPS) is 24.5. The van der Waals surface area contributed by atoms with Crippen LogP contribution in [0.15, 0.2) is 18.2 Å². The summed E-state index contributed by atoms with van der Waals surface area (Å²) in [5.41, 5.74) is 9.13. The second kappa shape index (κ2) is 4.38. The van der Waals surface area contributed by atoms with E-state index in [0.717, 1.165) is 19.4 Å². The molecule has 1 aromatic carbocycles. The van der Waals surface area contributed by atoms with Crippen LogP contribution in [0.2, 0.25) is 0 Å². The lowest BCUT2D eigenvalue weighted by atomic mass is 9.91. The maximum atomic E-state index is 9.11. The van der Waals surface area contributed by atoms with Crippen LogP contribution in [0.3, 0.4) is 0 Å². The van der Waals surface area contributed by atoms with E-state index in [0.29, 0.717) is 6.54 Å². The van der Waals surface area contributed by atoms with Crippen LogP contribution in [0, 0.1) is 25.2 Å². The summed E-state index contributed by atoms with van der Waals surface area (Å²) >= 11 is 0. The lowest BCUT2D eigenvalue weighted by Gasteiger charge is -2.37. The van der Waals surface area contributed by atoms with Gasteiger partial charge in [-0.05, 0) is 49.9 Å². The van der Waals surface area contributed by atoms with Crippen LogP contribution < -0.4 is 10.6 Å². The molecule has 0 aromatic heterocycles. The molecule has 0 bridgehead atoms. The molecular weight excluding hydrogens is 210 g/mol. The SMILES string of the molecule is Cc1ccc(N2CCCC(N)(C#N)C2)cc1C. The molecule has 1 fully saturated rings. The molecular formula is C14H19N3. The molecule has 2 N–H and O–H groups in total. The van der Waals surface area contributed by atoms with Crippen LogP contribution in [0.25, 0.3) is 0 Å². The zero-order valence-corrected chi connectivity index (χ0v) is 10.5. The summed E-state index contributed by atoms with van der Waals surface area (Å²) in [5.74, 6) is 0. The number of hydrogen-bond acceptors (Lipinski definition) is 3. The Balaban J connectivity index is 2.23. The van der Waals surface area contributed by atoms with Crippen molar-refractivity contribution in [1.82, 2.24) is 0 Å². The second-order valence-corrected chi connectivity index (χ2v) is 5.06. The van der Waals surface area contributed by atoms with Gasteiger partial charge in [0, 0.05) is 18.8 Å². The summed E-state index contributed by atoms with van der Waals surface area (Å²) in [6.45, 7) is 5.84. The van der Waals surface area contributed by atoms with Gasteiger partial charge >= 0.3 is 0 Å². The van der Waals surface area contributed by atoms with Crippen molar-refractivity contribution in [3.63, 3.8) is 0 Å². The lowest BCUT2D eigenvalue weighted by Crippen LogP contribution is -2.53. The van der Waals surface area contributed by atoms with E-state index in [4.69, 9.17) is 11.0 Å². The molecule has 1 heterocycles. The number of hydrogen-bond donors (Lipinski definition) is 1. The summed E-state index contributed by atoms with van der Waals surface area (Å²) in [6.07, 6.45) is 1.78. The minimum atomic E-state index is -0.683. The molecule has 0 amide bonds. The van der Waals surface area contributed by atoms with E-state index in [1.165, 1.54) is 16.8 Å². The number of nitriles is 1. The number of nitrogens with two attached hydrogens (primary N) is 1. The highest BCUT2D eigenvalue weighted by molar-refractivity contribution is 5.51. The first kappa shape index (κ1) is 11.9. The second-order valence-electron chi connectivity index (χ2n) is 5.06. The summed E-state index contributed by atoms with van der Waals surface area (Å²) in [5, 5.41) is 9.11. The average Bonchev–Trinajstić information content (AvgIpc) is 2.33. The van der Waals surface area contributed by atoms with Crippen molar-refractivity contribution in [2.24, 2.45) is 5.73 Å². The zero-order valence-electron chi connectivity index (χ0n) is 10.5. The van der Waals surface area contributed by atoms with Crippen LogP contribution in [0.4, 0.5) is 5.69 Å². The van der Waals surface area contributed by atoms with Gasteiger partial charge in [-0.2, -0.15) is 5.26 Å². The van der Waals surface area contributed by atoms with Gasteiger partial charge in [-0.15, -0.1) is 0 Å². The van der Waals surface area contributed by atoms with Crippen LogP contribution in [0.5, 0.6) is 0 Å². The quantitative estimate of drug-likeness (QED) is 0.802. The molecule has 1 unspecified atom stereocenters. The maximum absolute atomic E-state index is 9.11. The zero-order chi connectivity index (χ0) is 12.5. The van der Waals surface area contributed by atoms with Crippen LogP contribution in [0.1, 0.15) is 24.0 Å². The molecule has 90 valence electrons. The first-order chi connectivity index (χ1) is 8.04. The Morgan fingerprint density at radius 3 is 2.76 bits per heavy atom. The Hall–Kier alpha value is -1.53. The topological polar surface area (TPSA) is 53.0 Å². The van der Waals surface area contributed by atoms with Crippen molar-refractivity contribution >= 4 is 5.69 Å². The molecule has 17 heavy (non-hydrogen) atoms. The highest BCUT2D eigenvalue weighted by Crippen LogP contribution is 2.25. The molecule has 1 saturated heterocycles.